The van der Waals surface area contributed by atoms with Gasteiger partial charge in [-0.2, -0.15) is 5.26 Å². The highest BCUT2D eigenvalue weighted by molar-refractivity contribution is 7.16. The molecular weight excluding hydrogens is 339 g/mol. The van der Waals surface area contributed by atoms with Gasteiger partial charge in [0.15, 0.2) is 0 Å². The standard InChI is InChI=1S/C16H14Cl2N2OS/c1-2-12-8-11(9-19)16(22-12)20-14(21)7-6-10-4-3-5-13(17)15(10)18/h3-5,8H,2,6-7H2,1H3,(H,20,21). The van der Waals surface area contributed by atoms with Gasteiger partial charge in [-0.3, -0.25) is 4.79 Å². The Hall–Kier alpha value is -1.54. The minimum Gasteiger partial charge on any atom is -0.317 e. The predicted molar refractivity (Wildman–Crippen MR) is 91.8 cm³/mol. The Morgan fingerprint density at radius 3 is 2.86 bits per heavy atom. The van der Waals surface area contributed by atoms with Crippen LogP contribution in [0.3, 0.4) is 0 Å². The lowest BCUT2D eigenvalue weighted by Crippen LogP contribution is -2.12. The van der Waals surface area contributed by atoms with Crippen molar-refractivity contribution in [1.29, 1.82) is 5.26 Å². The summed E-state index contributed by atoms with van der Waals surface area (Å²) >= 11 is 13.5. The second kappa shape index (κ2) is 7.64. The number of amides is 1. The van der Waals surface area contributed by atoms with Crippen LogP contribution in [-0.2, 0) is 17.6 Å². The molecule has 2 rings (SSSR count). The van der Waals surface area contributed by atoms with E-state index in [1.807, 2.05) is 25.1 Å². The van der Waals surface area contributed by atoms with Crippen LogP contribution in [0.5, 0.6) is 0 Å². The molecule has 0 atom stereocenters. The molecule has 0 fully saturated rings. The fourth-order valence-electron chi connectivity index (χ4n) is 1.97. The van der Waals surface area contributed by atoms with Gasteiger partial charge >= 0.3 is 0 Å². The first kappa shape index (κ1) is 16.8. The molecule has 1 N–H and O–H groups in total. The van der Waals surface area contributed by atoms with Gasteiger partial charge in [-0.1, -0.05) is 42.3 Å². The summed E-state index contributed by atoms with van der Waals surface area (Å²) < 4.78 is 0. The van der Waals surface area contributed by atoms with E-state index in [1.165, 1.54) is 11.3 Å². The van der Waals surface area contributed by atoms with Crippen LogP contribution >= 0.6 is 34.5 Å². The van der Waals surface area contributed by atoms with E-state index < -0.39 is 0 Å². The summed E-state index contributed by atoms with van der Waals surface area (Å²) in [7, 11) is 0. The lowest BCUT2D eigenvalue weighted by Gasteiger charge is -2.06. The van der Waals surface area contributed by atoms with E-state index in [1.54, 1.807) is 6.07 Å². The maximum atomic E-state index is 12.1. The predicted octanol–water partition coefficient (Wildman–Crippen LogP) is 5.06. The van der Waals surface area contributed by atoms with Gasteiger partial charge in [0.2, 0.25) is 5.91 Å². The number of nitrogens with zero attached hydrogens (tertiary/aromatic N) is 1. The molecule has 114 valence electrons. The number of hydrogen-bond acceptors (Lipinski definition) is 3. The molecule has 0 radical (unpaired) electrons. The van der Waals surface area contributed by atoms with E-state index >= 15 is 0 Å². The van der Waals surface area contributed by atoms with E-state index in [9.17, 15) is 4.79 Å². The SMILES string of the molecule is CCc1cc(C#N)c(NC(=O)CCc2cccc(Cl)c2Cl)s1. The summed E-state index contributed by atoms with van der Waals surface area (Å²) in [6.07, 6.45) is 1.62. The summed E-state index contributed by atoms with van der Waals surface area (Å²) in [6, 6.07) is 9.29. The zero-order chi connectivity index (χ0) is 16.1. The highest BCUT2D eigenvalue weighted by Gasteiger charge is 2.12. The third-order valence-corrected chi connectivity index (χ3v) is 5.21. The largest absolute Gasteiger partial charge is 0.317 e. The fourth-order valence-corrected chi connectivity index (χ4v) is 3.35. The van der Waals surface area contributed by atoms with Crippen molar-refractivity contribution in [3.8, 4) is 6.07 Å². The van der Waals surface area contributed by atoms with Crippen molar-refractivity contribution in [3.05, 3.63) is 50.3 Å². The molecule has 0 saturated carbocycles. The molecule has 3 nitrogen and oxygen atoms in total. The maximum Gasteiger partial charge on any atom is 0.225 e. The lowest BCUT2D eigenvalue weighted by atomic mass is 10.1. The summed E-state index contributed by atoms with van der Waals surface area (Å²) in [5, 5.41) is 13.5. The average Bonchev–Trinajstić information content (AvgIpc) is 2.91. The average molecular weight is 353 g/mol. The number of benzene rings is 1. The van der Waals surface area contributed by atoms with Gasteiger partial charge < -0.3 is 5.32 Å². The van der Waals surface area contributed by atoms with Crippen molar-refractivity contribution >= 4 is 45.4 Å². The van der Waals surface area contributed by atoms with Crippen molar-refractivity contribution in [2.24, 2.45) is 0 Å². The quantitative estimate of drug-likeness (QED) is 0.817. The van der Waals surface area contributed by atoms with Crippen LogP contribution in [0.4, 0.5) is 5.00 Å². The molecule has 6 heteroatoms. The van der Waals surface area contributed by atoms with Gasteiger partial charge in [0.25, 0.3) is 0 Å². The number of carbonyl (C=O) groups excluding carboxylic acids is 1. The number of nitrogens with one attached hydrogen (secondary N) is 1. The van der Waals surface area contributed by atoms with Crippen molar-refractivity contribution in [3.63, 3.8) is 0 Å². The Morgan fingerprint density at radius 2 is 2.18 bits per heavy atom. The molecule has 1 aromatic carbocycles. The molecule has 0 aliphatic heterocycles. The van der Waals surface area contributed by atoms with Gasteiger partial charge in [0, 0.05) is 11.3 Å². The van der Waals surface area contributed by atoms with E-state index in [4.69, 9.17) is 28.5 Å². The third kappa shape index (κ3) is 4.01. The molecular formula is C16H14Cl2N2OS. The van der Waals surface area contributed by atoms with Crippen LogP contribution in [0.1, 0.15) is 29.3 Å². The van der Waals surface area contributed by atoms with E-state index in [0.717, 1.165) is 16.9 Å². The lowest BCUT2D eigenvalue weighted by molar-refractivity contribution is -0.116. The molecule has 0 aliphatic rings. The zero-order valence-electron chi connectivity index (χ0n) is 12.0. The molecule has 22 heavy (non-hydrogen) atoms. The van der Waals surface area contributed by atoms with Crippen LogP contribution in [-0.4, -0.2) is 5.91 Å². The number of rotatable bonds is 5. The van der Waals surface area contributed by atoms with E-state index in [-0.39, 0.29) is 12.3 Å². The summed E-state index contributed by atoms with van der Waals surface area (Å²) in [4.78, 5) is 13.1. The molecule has 2 aromatic rings. The Kier molecular flexibility index (Phi) is 5.84. The highest BCUT2D eigenvalue weighted by Crippen LogP contribution is 2.29. The third-order valence-electron chi connectivity index (χ3n) is 3.16. The van der Waals surface area contributed by atoms with Gasteiger partial charge in [-0.15, -0.1) is 11.3 Å². The number of anilines is 1. The van der Waals surface area contributed by atoms with Gasteiger partial charge in [-0.25, -0.2) is 0 Å². The molecule has 1 amide bonds. The van der Waals surface area contributed by atoms with Crippen LogP contribution < -0.4 is 5.32 Å². The number of halogens is 2. The highest BCUT2D eigenvalue weighted by atomic mass is 35.5. The van der Waals surface area contributed by atoms with Crippen LogP contribution in [0.15, 0.2) is 24.3 Å². The first-order chi connectivity index (χ1) is 10.5. The first-order valence-corrected chi connectivity index (χ1v) is 8.38. The molecule has 1 aromatic heterocycles. The zero-order valence-corrected chi connectivity index (χ0v) is 14.3. The molecule has 0 unspecified atom stereocenters. The second-order valence-corrected chi connectivity index (χ2v) is 6.60. The molecule has 0 aliphatic carbocycles. The molecule has 0 saturated heterocycles. The Morgan fingerprint density at radius 1 is 1.41 bits per heavy atom. The van der Waals surface area contributed by atoms with Crippen molar-refractivity contribution in [2.45, 2.75) is 26.2 Å². The first-order valence-electron chi connectivity index (χ1n) is 6.80. The Bertz CT molecular complexity index is 734. The minimum atomic E-state index is -0.142. The second-order valence-electron chi connectivity index (χ2n) is 4.68. The maximum absolute atomic E-state index is 12.1. The molecule has 1 heterocycles. The summed E-state index contributed by atoms with van der Waals surface area (Å²) in [6.45, 7) is 2.01. The monoisotopic (exact) mass is 352 g/mol. The number of hydrogen-bond donors (Lipinski definition) is 1. The number of nitriles is 1. The number of aryl methyl sites for hydroxylation is 2. The topological polar surface area (TPSA) is 52.9 Å². The summed E-state index contributed by atoms with van der Waals surface area (Å²) in [5.41, 5.74) is 1.35. The van der Waals surface area contributed by atoms with Crippen LogP contribution in [0.25, 0.3) is 0 Å². The van der Waals surface area contributed by atoms with Crippen molar-refractivity contribution in [1.82, 2.24) is 0 Å². The smallest absolute Gasteiger partial charge is 0.225 e. The normalized spacial score (nSPS) is 10.3. The number of carbonyl (C=O) groups is 1. The van der Waals surface area contributed by atoms with Crippen molar-refractivity contribution < 1.29 is 4.79 Å². The van der Waals surface area contributed by atoms with E-state index in [0.29, 0.717) is 27.0 Å². The van der Waals surface area contributed by atoms with Gasteiger partial charge in [-0.05, 0) is 30.5 Å². The van der Waals surface area contributed by atoms with Gasteiger partial charge in [0.1, 0.15) is 11.1 Å². The Balaban J connectivity index is 2.00. The molecule has 0 spiro atoms. The number of thiophene rings is 1. The van der Waals surface area contributed by atoms with Crippen LogP contribution in [0.2, 0.25) is 10.0 Å². The molecule has 0 bridgehead atoms. The Labute approximate surface area is 143 Å². The fraction of sp³-hybridized carbons (Fsp3) is 0.250. The summed E-state index contributed by atoms with van der Waals surface area (Å²) in [5.74, 6) is -0.142. The minimum absolute atomic E-state index is 0.142. The van der Waals surface area contributed by atoms with Crippen LogP contribution in [0, 0.1) is 11.3 Å². The van der Waals surface area contributed by atoms with E-state index in [2.05, 4.69) is 11.4 Å². The van der Waals surface area contributed by atoms with Crippen molar-refractivity contribution in [2.75, 3.05) is 5.32 Å². The van der Waals surface area contributed by atoms with Gasteiger partial charge in [0.05, 0.1) is 15.6 Å².